The highest BCUT2D eigenvalue weighted by Crippen LogP contribution is 2.64. The third-order valence-electron chi connectivity index (χ3n) is 7.26. The van der Waals surface area contributed by atoms with E-state index in [1.165, 1.54) is 17.5 Å². The molecule has 0 spiro atoms. The molecule has 2 heteroatoms. The number of fused-ring (bicyclic) bond motifs is 5. The highest BCUT2D eigenvalue weighted by atomic mass is 16.3. The first-order valence-electron chi connectivity index (χ1n) is 8.66. The molecule has 2 saturated carbocycles. The van der Waals surface area contributed by atoms with E-state index in [0.29, 0.717) is 23.5 Å². The zero-order chi connectivity index (χ0) is 15.5. The third kappa shape index (κ3) is 1.70. The normalized spacial score (nSPS) is 43.1. The molecule has 1 aromatic carbocycles. The molecule has 0 aliphatic heterocycles. The van der Waals surface area contributed by atoms with Crippen molar-refractivity contribution in [2.24, 2.45) is 17.3 Å². The smallest absolute Gasteiger partial charge is 0.115 e. The molecule has 3 aliphatic rings. The van der Waals surface area contributed by atoms with Gasteiger partial charge in [-0.2, -0.15) is 0 Å². The van der Waals surface area contributed by atoms with Crippen LogP contribution in [0.15, 0.2) is 30.9 Å². The molecule has 5 atom stereocenters. The highest BCUT2D eigenvalue weighted by Gasteiger charge is 2.60. The molecule has 0 radical (unpaired) electrons. The molecule has 2 fully saturated rings. The molecule has 3 aliphatic carbocycles. The number of aromatic hydroxyl groups is 1. The van der Waals surface area contributed by atoms with E-state index < -0.39 is 5.60 Å². The molecular weight excluding hydrogens is 272 g/mol. The van der Waals surface area contributed by atoms with Crippen LogP contribution in [-0.4, -0.2) is 15.8 Å². The average Bonchev–Trinajstić information content (AvgIpc) is 2.79. The Kier molecular flexibility index (Phi) is 3.00. The van der Waals surface area contributed by atoms with Crippen molar-refractivity contribution in [3.05, 3.63) is 42.0 Å². The molecular formula is C20H26O2. The summed E-state index contributed by atoms with van der Waals surface area (Å²) in [5, 5.41) is 20.8. The van der Waals surface area contributed by atoms with Gasteiger partial charge >= 0.3 is 0 Å². The number of benzene rings is 1. The van der Waals surface area contributed by atoms with Gasteiger partial charge in [-0.15, -0.1) is 6.58 Å². The Morgan fingerprint density at radius 2 is 2.05 bits per heavy atom. The van der Waals surface area contributed by atoms with E-state index in [1.54, 1.807) is 0 Å². The predicted molar refractivity (Wildman–Crippen MR) is 87.9 cm³/mol. The summed E-state index contributed by atoms with van der Waals surface area (Å²) in [6, 6.07) is 5.93. The zero-order valence-corrected chi connectivity index (χ0v) is 13.4. The number of aliphatic hydroxyl groups is 1. The summed E-state index contributed by atoms with van der Waals surface area (Å²) < 4.78 is 0. The van der Waals surface area contributed by atoms with Crippen LogP contribution in [0.25, 0.3) is 0 Å². The topological polar surface area (TPSA) is 40.5 Å². The lowest BCUT2D eigenvalue weighted by atomic mass is 9.53. The predicted octanol–water partition coefficient (Wildman–Crippen LogP) is 4.17. The number of rotatable bonds is 1. The summed E-state index contributed by atoms with van der Waals surface area (Å²) in [7, 11) is 0. The van der Waals surface area contributed by atoms with Gasteiger partial charge in [-0.05, 0) is 79.5 Å². The van der Waals surface area contributed by atoms with Gasteiger partial charge in [0.2, 0.25) is 0 Å². The molecule has 0 aromatic heterocycles. The molecule has 4 unspecified atom stereocenters. The van der Waals surface area contributed by atoms with Gasteiger partial charge in [-0.25, -0.2) is 0 Å². The van der Waals surface area contributed by atoms with E-state index in [4.69, 9.17) is 0 Å². The minimum atomic E-state index is -0.683. The summed E-state index contributed by atoms with van der Waals surface area (Å²) in [5.74, 6) is 2.26. The molecule has 118 valence electrons. The number of hydrogen-bond donors (Lipinski definition) is 2. The second kappa shape index (κ2) is 4.61. The van der Waals surface area contributed by atoms with Crippen LogP contribution in [0.4, 0.5) is 0 Å². The fourth-order valence-corrected chi connectivity index (χ4v) is 5.96. The van der Waals surface area contributed by atoms with Crippen LogP contribution in [0.2, 0.25) is 0 Å². The molecule has 0 saturated heterocycles. The van der Waals surface area contributed by atoms with Crippen LogP contribution in [0, 0.1) is 17.3 Å². The first kappa shape index (κ1) is 14.3. The number of phenols is 1. The van der Waals surface area contributed by atoms with Crippen molar-refractivity contribution < 1.29 is 10.2 Å². The number of hydrogen-bond acceptors (Lipinski definition) is 2. The lowest BCUT2D eigenvalue weighted by molar-refractivity contribution is -0.0707. The molecule has 1 aromatic rings. The number of phenolic OH excluding ortho intramolecular Hbond substituents is 1. The van der Waals surface area contributed by atoms with Gasteiger partial charge < -0.3 is 10.2 Å². The summed E-state index contributed by atoms with van der Waals surface area (Å²) in [6.07, 6.45) is 8.25. The Bertz CT molecular complexity index is 622. The van der Waals surface area contributed by atoms with E-state index in [-0.39, 0.29) is 5.41 Å². The minimum absolute atomic E-state index is 0.00958. The maximum atomic E-state index is 11.0. The van der Waals surface area contributed by atoms with E-state index in [2.05, 4.69) is 19.6 Å². The van der Waals surface area contributed by atoms with Crippen molar-refractivity contribution in [3.63, 3.8) is 0 Å². The van der Waals surface area contributed by atoms with Gasteiger partial charge in [0, 0.05) is 5.41 Å². The van der Waals surface area contributed by atoms with Crippen LogP contribution < -0.4 is 0 Å². The van der Waals surface area contributed by atoms with Crippen molar-refractivity contribution in [3.8, 4) is 5.75 Å². The zero-order valence-electron chi connectivity index (χ0n) is 13.4. The van der Waals surface area contributed by atoms with Crippen LogP contribution in [-0.2, 0) is 6.42 Å². The molecule has 4 rings (SSSR count). The number of aryl methyl sites for hydroxylation is 1. The SMILES string of the molecule is C=C[C@]1(O)CCC2C3CCc4cc(O)ccc4C3CCC21C. The molecule has 0 amide bonds. The molecule has 0 heterocycles. The highest BCUT2D eigenvalue weighted by molar-refractivity contribution is 5.40. The average molecular weight is 298 g/mol. The van der Waals surface area contributed by atoms with Crippen LogP contribution >= 0.6 is 0 Å². The standard InChI is InChI=1S/C20H26O2/c1-3-20(22)11-9-18-17-6-4-13-12-14(21)5-7-15(13)16(17)8-10-19(18,20)2/h3,5,7,12,16-18,21-22H,1,4,6,8-11H2,2H3/t16?,17?,18?,19?,20-/m0/s1. The lowest BCUT2D eigenvalue weighted by Gasteiger charge is -2.52. The van der Waals surface area contributed by atoms with Crippen molar-refractivity contribution in [1.82, 2.24) is 0 Å². The quantitative estimate of drug-likeness (QED) is 0.764. The first-order chi connectivity index (χ1) is 10.5. The molecule has 2 N–H and O–H groups in total. The summed E-state index contributed by atoms with van der Waals surface area (Å²) in [6.45, 7) is 6.21. The third-order valence-corrected chi connectivity index (χ3v) is 7.26. The second-order valence-electron chi connectivity index (χ2n) is 7.92. The van der Waals surface area contributed by atoms with Crippen LogP contribution in [0.3, 0.4) is 0 Å². The lowest BCUT2D eigenvalue weighted by Crippen LogP contribution is -2.49. The summed E-state index contributed by atoms with van der Waals surface area (Å²) in [5.41, 5.74) is 2.09. The van der Waals surface area contributed by atoms with Gasteiger partial charge in [0.15, 0.2) is 0 Å². The summed E-state index contributed by atoms with van der Waals surface area (Å²) >= 11 is 0. The monoisotopic (exact) mass is 298 g/mol. The van der Waals surface area contributed by atoms with E-state index in [9.17, 15) is 10.2 Å². The first-order valence-corrected chi connectivity index (χ1v) is 8.66. The second-order valence-corrected chi connectivity index (χ2v) is 7.92. The van der Waals surface area contributed by atoms with E-state index in [0.717, 1.165) is 32.1 Å². The Morgan fingerprint density at radius 3 is 2.82 bits per heavy atom. The summed E-state index contributed by atoms with van der Waals surface area (Å²) in [4.78, 5) is 0. The van der Waals surface area contributed by atoms with Crippen molar-refractivity contribution in [2.75, 3.05) is 0 Å². The van der Waals surface area contributed by atoms with Gasteiger partial charge in [0.05, 0.1) is 5.60 Å². The fraction of sp³-hybridized carbons (Fsp3) is 0.600. The maximum Gasteiger partial charge on any atom is 0.115 e. The van der Waals surface area contributed by atoms with Crippen molar-refractivity contribution >= 4 is 0 Å². The maximum absolute atomic E-state index is 11.0. The van der Waals surface area contributed by atoms with Crippen LogP contribution in [0.5, 0.6) is 5.75 Å². The molecule has 22 heavy (non-hydrogen) atoms. The molecule has 2 nitrogen and oxygen atoms in total. The molecule has 0 bridgehead atoms. The Hall–Kier alpha value is -1.28. The van der Waals surface area contributed by atoms with Gasteiger partial charge in [-0.3, -0.25) is 0 Å². The Morgan fingerprint density at radius 1 is 1.23 bits per heavy atom. The van der Waals surface area contributed by atoms with Crippen molar-refractivity contribution in [2.45, 2.75) is 57.0 Å². The van der Waals surface area contributed by atoms with Gasteiger partial charge in [-0.1, -0.05) is 19.1 Å². The largest absolute Gasteiger partial charge is 0.508 e. The minimum Gasteiger partial charge on any atom is -0.508 e. The van der Waals surface area contributed by atoms with Gasteiger partial charge in [0.25, 0.3) is 0 Å². The Balaban J connectivity index is 1.72. The fourth-order valence-electron chi connectivity index (χ4n) is 5.96. The Labute approximate surface area is 132 Å². The van der Waals surface area contributed by atoms with E-state index in [1.807, 2.05) is 18.2 Å². The van der Waals surface area contributed by atoms with Gasteiger partial charge in [0.1, 0.15) is 5.75 Å². The van der Waals surface area contributed by atoms with Crippen LogP contribution in [0.1, 0.15) is 56.1 Å². The van der Waals surface area contributed by atoms with E-state index >= 15 is 0 Å². The van der Waals surface area contributed by atoms with Crippen molar-refractivity contribution in [1.29, 1.82) is 0 Å².